The minimum absolute atomic E-state index is 0.00685. The van der Waals surface area contributed by atoms with Gasteiger partial charge in [-0.25, -0.2) is 9.59 Å². The summed E-state index contributed by atoms with van der Waals surface area (Å²) in [5.74, 6) is -1.35. The largest absolute Gasteiger partial charge is 0.480 e. The molecule has 0 bridgehead atoms. The van der Waals surface area contributed by atoms with Crippen molar-refractivity contribution in [2.75, 3.05) is 6.61 Å². The molecule has 0 radical (unpaired) electrons. The average molecular weight is 479 g/mol. The van der Waals surface area contributed by atoms with Crippen molar-refractivity contribution in [2.24, 2.45) is 5.92 Å². The molecule has 2 amide bonds. The number of hydrogen-bond donors (Lipinski definition) is 3. The molecule has 0 aromatic heterocycles. The molecule has 186 valence electrons. The number of benzene rings is 2. The maximum absolute atomic E-state index is 12.8. The van der Waals surface area contributed by atoms with Crippen LogP contribution in [0.15, 0.2) is 48.5 Å². The van der Waals surface area contributed by atoms with Crippen molar-refractivity contribution in [1.82, 2.24) is 10.6 Å². The van der Waals surface area contributed by atoms with E-state index in [2.05, 4.69) is 34.9 Å². The number of carbonyl (C=O) groups is 3. The molecule has 2 aliphatic carbocycles. The van der Waals surface area contributed by atoms with Gasteiger partial charge in [0.2, 0.25) is 5.91 Å². The first-order chi connectivity index (χ1) is 17.0. The fourth-order valence-corrected chi connectivity index (χ4v) is 5.47. The van der Waals surface area contributed by atoms with E-state index >= 15 is 0 Å². The third-order valence-corrected chi connectivity index (χ3v) is 7.21. The van der Waals surface area contributed by atoms with Crippen molar-refractivity contribution in [3.63, 3.8) is 0 Å². The summed E-state index contributed by atoms with van der Waals surface area (Å²) >= 11 is 0. The molecule has 7 nitrogen and oxygen atoms in total. The number of nitrogens with one attached hydrogen (secondary N) is 2. The van der Waals surface area contributed by atoms with Gasteiger partial charge in [-0.1, -0.05) is 74.7 Å². The van der Waals surface area contributed by atoms with Crippen molar-refractivity contribution in [1.29, 1.82) is 0 Å². The Kier molecular flexibility index (Phi) is 8.06. The Balaban J connectivity index is 1.34. The van der Waals surface area contributed by atoms with Gasteiger partial charge < -0.3 is 20.5 Å². The molecule has 2 aromatic rings. The molecule has 3 N–H and O–H groups in total. The number of aliphatic carboxylic acids is 1. The number of fused-ring (bicyclic) bond motifs is 3. The van der Waals surface area contributed by atoms with Crippen LogP contribution < -0.4 is 10.6 Å². The molecule has 0 spiro atoms. The average Bonchev–Trinajstić information content (AvgIpc) is 3.17. The van der Waals surface area contributed by atoms with Crippen LogP contribution in [-0.2, 0) is 14.3 Å². The second kappa shape index (κ2) is 11.4. The van der Waals surface area contributed by atoms with Crippen LogP contribution in [-0.4, -0.2) is 41.8 Å². The second-order valence-electron chi connectivity index (χ2n) is 9.57. The Hall–Kier alpha value is -3.35. The van der Waals surface area contributed by atoms with Crippen LogP contribution in [0.2, 0.25) is 0 Å². The summed E-state index contributed by atoms with van der Waals surface area (Å²) in [7, 11) is 0. The van der Waals surface area contributed by atoms with Crippen LogP contribution in [0.3, 0.4) is 0 Å². The van der Waals surface area contributed by atoms with Gasteiger partial charge in [-0.3, -0.25) is 4.79 Å². The van der Waals surface area contributed by atoms with Crippen molar-refractivity contribution in [2.45, 2.75) is 69.9 Å². The molecule has 0 aliphatic heterocycles. The molecule has 7 heteroatoms. The maximum atomic E-state index is 12.8. The zero-order chi connectivity index (χ0) is 24.8. The highest BCUT2D eigenvalue weighted by Crippen LogP contribution is 2.44. The Morgan fingerprint density at radius 1 is 1.00 bits per heavy atom. The van der Waals surface area contributed by atoms with E-state index in [4.69, 9.17) is 4.74 Å². The number of alkyl carbamates (subject to hydrolysis) is 1. The van der Waals surface area contributed by atoms with Gasteiger partial charge in [0.15, 0.2) is 0 Å². The molecule has 4 rings (SSSR count). The van der Waals surface area contributed by atoms with E-state index in [1.54, 1.807) is 0 Å². The van der Waals surface area contributed by atoms with E-state index in [-0.39, 0.29) is 36.8 Å². The van der Waals surface area contributed by atoms with E-state index in [9.17, 15) is 19.5 Å². The number of ether oxygens (including phenoxy) is 1. The molecular formula is C28H34N2O5. The molecule has 2 aliphatic rings. The Bertz CT molecular complexity index is 1020. The van der Waals surface area contributed by atoms with Gasteiger partial charge in [-0.2, -0.15) is 0 Å². The minimum Gasteiger partial charge on any atom is -0.480 e. The van der Waals surface area contributed by atoms with Gasteiger partial charge in [-0.05, 0) is 47.4 Å². The van der Waals surface area contributed by atoms with E-state index < -0.39 is 18.1 Å². The van der Waals surface area contributed by atoms with Gasteiger partial charge in [0.25, 0.3) is 0 Å². The number of carbonyl (C=O) groups excluding carboxylic acids is 2. The van der Waals surface area contributed by atoms with Crippen LogP contribution in [0.5, 0.6) is 0 Å². The predicted molar refractivity (Wildman–Crippen MR) is 133 cm³/mol. The lowest BCUT2D eigenvalue weighted by Gasteiger charge is -2.32. The van der Waals surface area contributed by atoms with E-state index in [0.717, 1.165) is 36.8 Å². The summed E-state index contributed by atoms with van der Waals surface area (Å²) < 4.78 is 5.70. The first-order valence-corrected chi connectivity index (χ1v) is 12.6. The molecule has 1 fully saturated rings. The lowest BCUT2D eigenvalue weighted by Crippen LogP contribution is -2.46. The molecule has 2 aromatic carbocycles. The molecule has 1 saturated carbocycles. The summed E-state index contributed by atoms with van der Waals surface area (Å²) in [6.45, 7) is 2.13. The smallest absolute Gasteiger partial charge is 0.407 e. The first kappa shape index (κ1) is 24.8. The quantitative estimate of drug-likeness (QED) is 0.478. The number of carboxylic acid groups (broad SMARTS) is 1. The highest BCUT2D eigenvalue weighted by atomic mass is 16.5. The standard InChI is InChI=1S/C28H34N2O5/c1-2-9-25(27(32)33)29-26(31)16-18-10-3-8-15-24(18)30-28(34)35-17-23-21-13-6-4-11-19(21)20-12-5-7-14-22(20)23/h4-7,11-14,18,23-25H,2-3,8-10,15-17H2,1H3,(H,29,31)(H,30,34)(H,32,33)/t18-,24-,25?/m0/s1. The fourth-order valence-electron chi connectivity index (χ4n) is 5.47. The topological polar surface area (TPSA) is 105 Å². The van der Waals surface area contributed by atoms with Crippen LogP contribution in [0, 0.1) is 5.92 Å². The van der Waals surface area contributed by atoms with Crippen molar-refractivity contribution in [3.05, 3.63) is 59.7 Å². The van der Waals surface area contributed by atoms with Crippen LogP contribution in [0.25, 0.3) is 11.1 Å². The third kappa shape index (κ3) is 5.84. The van der Waals surface area contributed by atoms with Crippen molar-refractivity contribution in [3.8, 4) is 11.1 Å². The molecule has 3 atom stereocenters. The van der Waals surface area contributed by atoms with Gasteiger partial charge >= 0.3 is 12.1 Å². The Morgan fingerprint density at radius 3 is 2.26 bits per heavy atom. The fraction of sp³-hybridized carbons (Fsp3) is 0.464. The summed E-state index contributed by atoms with van der Waals surface area (Å²) in [5.41, 5.74) is 4.68. The number of amides is 2. The highest BCUT2D eigenvalue weighted by molar-refractivity contribution is 5.83. The molecule has 1 unspecified atom stereocenters. The maximum Gasteiger partial charge on any atom is 0.407 e. The van der Waals surface area contributed by atoms with Crippen LogP contribution in [0.4, 0.5) is 4.79 Å². The van der Waals surface area contributed by atoms with Gasteiger partial charge in [0.1, 0.15) is 12.6 Å². The predicted octanol–water partition coefficient (Wildman–Crippen LogP) is 4.84. The van der Waals surface area contributed by atoms with E-state index in [1.807, 2.05) is 31.2 Å². The monoisotopic (exact) mass is 478 g/mol. The van der Waals surface area contributed by atoms with Crippen LogP contribution in [0.1, 0.15) is 68.9 Å². The van der Waals surface area contributed by atoms with Crippen molar-refractivity contribution < 1.29 is 24.2 Å². The summed E-state index contributed by atoms with van der Waals surface area (Å²) in [5, 5.41) is 14.9. The minimum atomic E-state index is -1.02. The number of rotatable bonds is 9. The normalized spacial score (nSPS) is 19.8. The zero-order valence-corrected chi connectivity index (χ0v) is 20.2. The van der Waals surface area contributed by atoms with Gasteiger partial charge in [-0.15, -0.1) is 0 Å². The van der Waals surface area contributed by atoms with Crippen LogP contribution >= 0.6 is 0 Å². The summed E-state index contributed by atoms with van der Waals surface area (Å²) in [6, 6.07) is 15.4. The zero-order valence-electron chi connectivity index (χ0n) is 20.2. The van der Waals surface area contributed by atoms with Crippen molar-refractivity contribution >= 4 is 18.0 Å². The molecule has 0 heterocycles. The van der Waals surface area contributed by atoms with Gasteiger partial charge in [0.05, 0.1) is 0 Å². The van der Waals surface area contributed by atoms with E-state index in [1.165, 1.54) is 11.1 Å². The first-order valence-electron chi connectivity index (χ1n) is 12.6. The SMILES string of the molecule is CCCC(NC(=O)C[C@@H]1CCCC[C@@H]1NC(=O)OCC1c2ccccc2-c2ccccc21)C(=O)O. The summed E-state index contributed by atoms with van der Waals surface area (Å²) in [6.07, 6.45) is 4.34. The lowest BCUT2D eigenvalue weighted by molar-refractivity contribution is -0.142. The second-order valence-corrected chi connectivity index (χ2v) is 9.57. The molecular weight excluding hydrogens is 444 g/mol. The Labute approximate surface area is 206 Å². The third-order valence-electron chi connectivity index (χ3n) is 7.21. The number of hydrogen-bond acceptors (Lipinski definition) is 4. The summed E-state index contributed by atoms with van der Waals surface area (Å²) in [4.78, 5) is 36.7. The molecule has 0 saturated heterocycles. The highest BCUT2D eigenvalue weighted by Gasteiger charge is 2.32. The lowest BCUT2D eigenvalue weighted by atomic mass is 9.82. The van der Waals surface area contributed by atoms with E-state index in [0.29, 0.717) is 12.8 Å². The van der Waals surface area contributed by atoms with Gasteiger partial charge in [0, 0.05) is 18.4 Å². The Morgan fingerprint density at radius 2 is 1.63 bits per heavy atom. The number of carboxylic acids is 1. The molecule has 35 heavy (non-hydrogen) atoms.